The lowest BCUT2D eigenvalue weighted by molar-refractivity contribution is 0.420. The van der Waals surface area contributed by atoms with Gasteiger partial charge in [-0.2, -0.15) is 0 Å². The fraction of sp³-hybridized carbons (Fsp3) is 0.538. The molecule has 0 saturated heterocycles. The number of sulfonamides is 1. The van der Waals surface area contributed by atoms with Crippen molar-refractivity contribution in [1.82, 2.24) is 4.31 Å². The van der Waals surface area contributed by atoms with Gasteiger partial charge in [0.15, 0.2) is 0 Å². The fourth-order valence-electron chi connectivity index (χ4n) is 2.28. The predicted octanol–water partition coefficient (Wildman–Crippen LogP) is 0.764. The molecule has 1 aromatic rings. The second kappa shape index (κ2) is 5.38. The Morgan fingerprint density at radius 3 is 2.17 bits per heavy atom. The second-order valence-electron chi connectivity index (χ2n) is 4.76. The Balaban J connectivity index is 2.18. The third kappa shape index (κ3) is 2.58. The molecule has 1 aromatic carbocycles. The van der Waals surface area contributed by atoms with E-state index in [1.807, 2.05) is 12.1 Å². The van der Waals surface area contributed by atoms with E-state index in [9.17, 15) is 8.42 Å². The summed E-state index contributed by atoms with van der Waals surface area (Å²) in [7, 11) is -3.24. The summed E-state index contributed by atoms with van der Waals surface area (Å²) >= 11 is 0. The molecule has 4 nitrogen and oxygen atoms in total. The van der Waals surface area contributed by atoms with Crippen LogP contribution in [0.1, 0.15) is 18.1 Å². The lowest BCUT2D eigenvalue weighted by atomic mass is 10.0. The maximum Gasteiger partial charge on any atom is 0.217 e. The maximum atomic E-state index is 12.3. The monoisotopic (exact) mass is 268 g/mol. The van der Waals surface area contributed by atoms with Crippen molar-refractivity contribution in [3.05, 3.63) is 35.4 Å². The number of hydrogen-bond donors (Lipinski definition) is 1. The van der Waals surface area contributed by atoms with Gasteiger partial charge in [0.2, 0.25) is 10.0 Å². The predicted molar refractivity (Wildman–Crippen MR) is 72.9 cm³/mol. The van der Waals surface area contributed by atoms with Gasteiger partial charge < -0.3 is 5.73 Å². The molecular weight excluding hydrogens is 248 g/mol. The Morgan fingerprint density at radius 1 is 1.22 bits per heavy atom. The molecule has 1 aliphatic heterocycles. The van der Waals surface area contributed by atoms with E-state index in [1.165, 1.54) is 11.1 Å². The maximum absolute atomic E-state index is 12.3. The van der Waals surface area contributed by atoms with E-state index >= 15 is 0 Å². The molecule has 100 valence electrons. The Labute approximate surface area is 109 Å². The van der Waals surface area contributed by atoms with Gasteiger partial charge >= 0.3 is 0 Å². The summed E-state index contributed by atoms with van der Waals surface area (Å²) in [4.78, 5) is 0. The van der Waals surface area contributed by atoms with E-state index in [2.05, 4.69) is 12.1 Å². The summed E-state index contributed by atoms with van der Waals surface area (Å²) in [6, 6.07) is 8.17. The standard InChI is InChI=1S/C13H20N2O2S/c1-11(10-14)18(16,17)15-8-6-12-4-2-3-5-13(12)7-9-15/h2-5,11H,6-10,14H2,1H3. The molecular formula is C13H20N2O2S. The second-order valence-corrected chi connectivity index (χ2v) is 7.11. The molecule has 18 heavy (non-hydrogen) atoms. The number of hydrogen-bond acceptors (Lipinski definition) is 3. The van der Waals surface area contributed by atoms with Crippen molar-refractivity contribution < 1.29 is 8.42 Å². The molecule has 0 fully saturated rings. The molecule has 0 radical (unpaired) electrons. The summed E-state index contributed by atoms with van der Waals surface area (Å²) in [5.41, 5.74) is 8.00. The molecule has 0 saturated carbocycles. The van der Waals surface area contributed by atoms with Crippen LogP contribution in [0, 0.1) is 0 Å². The minimum Gasteiger partial charge on any atom is -0.329 e. The van der Waals surface area contributed by atoms with E-state index in [0.717, 1.165) is 12.8 Å². The topological polar surface area (TPSA) is 63.4 Å². The normalized spacial score (nSPS) is 19.0. The Kier molecular flexibility index (Phi) is 4.04. The van der Waals surface area contributed by atoms with Gasteiger partial charge in [-0.3, -0.25) is 0 Å². The van der Waals surface area contributed by atoms with Crippen LogP contribution in [0.3, 0.4) is 0 Å². The zero-order valence-electron chi connectivity index (χ0n) is 10.7. The summed E-state index contributed by atoms with van der Waals surface area (Å²) in [5.74, 6) is 0. The minimum absolute atomic E-state index is 0.172. The van der Waals surface area contributed by atoms with Crippen LogP contribution in [-0.4, -0.2) is 37.6 Å². The number of benzene rings is 1. The number of fused-ring (bicyclic) bond motifs is 1. The summed E-state index contributed by atoms with van der Waals surface area (Å²) in [6.45, 7) is 2.96. The first-order chi connectivity index (χ1) is 8.55. The molecule has 1 unspecified atom stereocenters. The Hall–Kier alpha value is -0.910. The highest BCUT2D eigenvalue weighted by Crippen LogP contribution is 2.19. The highest BCUT2D eigenvalue weighted by Gasteiger charge is 2.28. The summed E-state index contributed by atoms with van der Waals surface area (Å²) < 4.78 is 26.1. The molecule has 0 bridgehead atoms. The van der Waals surface area contributed by atoms with Crippen molar-refractivity contribution in [3.8, 4) is 0 Å². The zero-order chi connectivity index (χ0) is 13.2. The lowest BCUT2D eigenvalue weighted by Gasteiger charge is -2.23. The van der Waals surface area contributed by atoms with E-state index in [-0.39, 0.29) is 6.54 Å². The van der Waals surface area contributed by atoms with Crippen molar-refractivity contribution in [3.63, 3.8) is 0 Å². The molecule has 1 aliphatic rings. The first-order valence-electron chi connectivity index (χ1n) is 6.31. The van der Waals surface area contributed by atoms with E-state index in [1.54, 1.807) is 11.2 Å². The molecule has 5 heteroatoms. The molecule has 0 amide bonds. The van der Waals surface area contributed by atoms with E-state index in [0.29, 0.717) is 13.1 Å². The SMILES string of the molecule is CC(CN)S(=O)(=O)N1CCc2ccccc2CC1. The van der Waals surface area contributed by atoms with Gasteiger partial charge in [0.05, 0.1) is 5.25 Å². The van der Waals surface area contributed by atoms with Crippen molar-refractivity contribution in [2.24, 2.45) is 5.73 Å². The Bertz CT molecular complexity index is 486. The smallest absolute Gasteiger partial charge is 0.217 e. The lowest BCUT2D eigenvalue weighted by Crippen LogP contribution is -2.42. The summed E-state index contributed by atoms with van der Waals surface area (Å²) in [6.07, 6.45) is 1.57. The third-order valence-electron chi connectivity index (χ3n) is 3.58. The van der Waals surface area contributed by atoms with Crippen molar-refractivity contribution in [2.45, 2.75) is 25.0 Å². The van der Waals surface area contributed by atoms with Gasteiger partial charge in [-0.25, -0.2) is 12.7 Å². The van der Waals surface area contributed by atoms with Gasteiger partial charge in [0.1, 0.15) is 0 Å². The van der Waals surface area contributed by atoms with Gasteiger partial charge in [0, 0.05) is 19.6 Å². The average Bonchev–Trinajstić information content (AvgIpc) is 2.60. The largest absolute Gasteiger partial charge is 0.329 e. The molecule has 1 heterocycles. The van der Waals surface area contributed by atoms with Crippen LogP contribution in [0.5, 0.6) is 0 Å². The van der Waals surface area contributed by atoms with Crippen LogP contribution in [0.15, 0.2) is 24.3 Å². The first-order valence-corrected chi connectivity index (χ1v) is 7.82. The quantitative estimate of drug-likeness (QED) is 0.880. The zero-order valence-corrected chi connectivity index (χ0v) is 11.5. The van der Waals surface area contributed by atoms with Gasteiger partial charge in [-0.1, -0.05) is 24.3 Å². The molecule has 2 rings (SSSR count). The molecule has 1 atom stereocenters. The minimum atomic E-state index is -3.24. The molecule has 2 N–H and O–H groups in total. The van der Waals surface area contributed by atoms with Crippen LogP contribution in [-0.2, 0) is 22.9 Å². The number of nitrogens with zero attached hydrogens (tertiary/aromatic N) is 1. The van der Waals surface area contributed by atoms with Crippen LogP contribution in [0.4, 0.5) is 0 Å². The average molecular weight is 268 g/mol. The van der Waals surface area contributed by atoms with Crippen LogP contribution in [0.25, 0.3) is 0 Å². The van der Waals surface area contributed by atoms with Gasteiger partial charge in [0.25, 0.3) is 0 Å². The van der Waals surface area contributed by atoms with Gasteiger partial charge in [-0.05, 0) is 30.9 Å². The number of nitrogens with two attached hydrogens (primary N) is 1. The van der Waals surface area contributed by atoms with Crippen LogP contribution >= 0.6 is 0 Å². The van der Waals surface area contributed by atoms with Gasteiger partial charge in [-0.15, -0.1) is 0 Å². The van der Waals surface area contributed by atoms with E-state index in [4.69, 9.17) is 5.73 Å². The highest BCUT2D eigenvalue weighted by molar-refractivity contribution is 7.89. The van der Waals surface area contributed by atoms with Crippen LogP contribution in [0.2, 0.25) is 0 Å². The van der Waals surface area contributed by atoms with Crippen LogP contribution < -0.4 is 5.73 Å². The number of rotatable bonds is 3. The fourth-order valence-corrected chi connectivity index (χ4v) is 3.72. The van der Waals surface area contributed by atoms with Crippen molar-refractivity contribution in [1.29, 1.82) is 0 Å². The molecule has 0 spiro atoms. The molecule has 0 aromatic heterocycles. The van der Waals surface area contributed by atoms with Crippen molar-refractivity contribution in [2.75, 3.05) is 19.6 Å². The van der Waals surface area contributed by atoms with Crippen molar-refractivity contribution >= 4 is 10.0 Å². The summed E-state index contributed by atoms with van der Waals surface area (Å²) in [5, 5.41) is -0.501. The third-order valence-corrected chi connectivity index (χ3v) is 5.87. The highest BCUT2D eigenvalue weighted by atomic mass is 32.2. The first kappa shape index (κ1) is 13.5. The Morgan fingerprint density at radius 2 is 1.72 bits per heavy atom. The molecule has 0 aliphatic carbocycles. The van der Waals surface area contributed by atoms with E-state index < -0.39 is 15.3 Å².